The van der Waals surface area contributed by atoms with Crippen LogP contribution in [0.3, 0.4) is 0 Å². The van der Waals surface area contributed by atoms with Gasteiger partial charge in [-0.2, -0.15) is 4.98 Å². The Labute approximate surface area is 155 Å². The maximum atomic E-state index is 4.79. The zero-order valence-corrected chi connectivity index (χ0v) is 15.9. The van der Waals surface area contributed by atoms with Crippen molar-refractivity contribution in [2.45, 2.75) is 40.5 Å². The Kier molecular flexibility index (Phi) is 5.52. The normalized spacial score (nSPS) is 10.6. The molecule has 0 saturated carbocycles. The average Bonchev–Trinajstić information content (AvgIpc) is 2.62. The van der Waals surface area contributed by atoms with Crippen LogP contribution in [-0.2, 0) is 6.42 Å². The van der Waals surface area contributed by atoms with Crippen molar-refractivity contribution in [3.63, 3.8) is 0 Å². The second kappa shape index (κ2) is 8.00. The Morgan fingerprint density at radius 3 is 1.92 bits per heavy atom. The van der Waals surface area contributed by atoms with E-state index in [1.165, 1.54) is 16.7 Å². The van der Waals surface area contributed by atoms with Crippen LogP contribution in [0.4, 0.5) is 23.1 Å². The van der Waals surface area contributed by atoms with Crippen molar-refractivity contribution in [3.05, 3.63) is 70.9 Å². The lowest BCUT2D eigenvalue weighted by molar-refractivity contribution is 0.888. The molecular weight excluding hydrogens is 320 g/mol. The summed E-state index contributed by atoms with van der Waals surface area (Å²) in [6.07, 6.45) is 2.00. The molecule has 0 aliphatic rings. The average molecular weight is 346 g/mol. The van der Waals surface area contributed by atoms with Crippen LogP contribution in [0.2, 0.25) is 0 Å². The molecule has 26 heavy (non-hydrogen) atoms. The van der Waals surface area contributed by atoms with E-state index in [0.29, 0.717) is 5.95 Å². The monoisotopic (exact) mass is 346 g/mol. The fourth-order valence-corrected chi connectivity index (χ4v) is 2.98. The summed E-state index contributed by atoms with van der Waals surface area (Å²) in [5.41, 5.74) is 6.64. The molecule has 0 amide bonds. The molecule has 0 aliphatic heterocycles. The molecule has 2 aromatic carbocycles. The van der Waals surface area contributed by atoms with Crippen LogP contribution < -0.4 is 10.6 Å². The van der Waals surface area contributed by atoms with E-state index >= 15 is 0 Å². The number of hydrogen-bond donors (Lipinski definition) is 2. The summed E-state index contributed by atoms with van der Waals surface area (Å²) in [4.78, 5) is 9.48. The van der Waals surface area contributed by atoms with E-state index in [9.17, 15) is 0 Å². The predicted octanol–water partition coefficient (Wildman–Crippen LogP) is 5.84. The minimum atomic E-state index is 0.618. The number of anilines is 4. The number of rotatable bonds is 6. The summed E-state index contributed by atoms with van der Waals surface area (Å²) >= 11 is 0. The van der Waals surface area contributed by atoms with Crippen LogP contribution in [0.1, 0.15) is 35.7 Å². The largest absolute Gasteiger partial charge is 0.340 e. The van der Waals surface area contributed by atoms with E-state index in [-0.39, 0.29) is 0 Å². The van der Waals surface area contributed by atoms with Gasteiger partial charge in [0.2, 0.25) is 5.95 Å². The molecule has 0 radical (unpaired) electrons. The highest BCUT2D eigenvalue weighted by Crippen LogP contribution is 2.27. The highest BCUT2D eigenvalue weighted by molar-refractivity contribution is 5.66. The Morgan fingerprint density at radius 1 is 0.769 bits per heavy atom. The van der Waals surface area contributed by atoms with Gasteiger partial charge in [-0.25, -0.2) is 4.98 Å². The third-order valence-electron chi connectivity index (χ3n) is 4.50. The van der Waals surface area contributed by atoms with Crippen LogP contribution in [0.25, 0.3) is 0 Å². The molecule has 0 atom stereocenters. The number of benzene rings is 2. The van der Waals surface area contributed by atoms with Gasteiger partial charge in [-0.3, -0.25) is 0 Å². The van der Waals surface area contributed by atoms with Crippen molar-refractivity contribution in [1.29, 1.82) is 0 Å². The topological polar surface area (TPSA) is 49.8 Å². The molecule has 0 saturated heterocycles. The Hall–Kier alpha value is -2.88. The minimum absolute atomic E-state index is 0.618. The van der Waals surface area contributed by atoms with Crippen molar-refractivity contribution < 1.29 is 0 Å². The van der Waals surface area contributed by atoms with Gasteiger partial charge in [0.25, 0.3) is 0 Å². The van der Waals surface area contributed by atoms with Gasteiger partial charge in [-0.1, -0.05) is 49.7 Å². The zero-order chi connectivity index (χ0) is 18.5. The summed E-state index contributed by atoms with van der Waals surface area (Å²) in [6.45, 7) is 8.41. The first-order chi connectivity index (χ1) is 12.6. The van der Waals surface area contributed by atoms with Gasteiger partial charge in [-0.15, -0.1) is 0 Å². The highest BCUT2D eigenvalue weighted by atomic mass is 15.1. The third-order valence-corrected chi connectivity index (χ3v) is 4.50. The van der Waals surface area contributed by atoms with Crippen molar-refractivity contribution in [2.24, 2.45) is 0 Å². The van der Waals surface area contributed by atoms with Crippen LogP contribution in [0.5, 0.6) is 0 Å². The first-order valence-corrected chi connectivity index (χ1v) is 9.11. The first-order valence-electron chi connectivity index (χ1n) is 9.11. The molecule has 0 bridgehead atoms. The Balaban J connectivity index is 1.99. The maximum Gasteiger partial charge on any atom is 0.229 e. The standard InChI is InChI=1S/C22H26N4/c1-5-10-18-17(4)23-22(25-20-14-9-7-12-16(20)3)26-21(18)24-19-13-8-6-11-15(19)2/h6-9,11-14H,5,10H2,1-4H3,(H2,23,24,25,26). The number of para-hydroxylation sites is 2. The van der Waals surface area contributed by atoms with Gasteiger partial charge < -0.3 is 10.6 Å². The Bertz CT molecular complexity index is 902. The molecule has 134 valence electrons. The quantitative estimate of drug-likeness (QED) is 0.588. The molecule has 0 fully saturated rings. The van der Waals surface area contributed by atoms with E-state index in [1.54, 1.807) is 0 Å². The van der Waals surface area contributed by atoms with Crippen molar-refractivity contribution >= 4 is 23.1 Å². The Morgan fingerprint density at radius 2 is 1.35 bits per heavy atom. The number of nitrogens with zero attached hydrogens (tertiary/aromatic N) is 2. The van der Waals surface area contributed by atoms with Gasteiger partial charge in [0.1, 0.15) is 5.82 Å². The summed E-state index contributed by atoms with van der Waals surface area (Å²) in [6, 6.07) is 16.4. The fraction of sp³-hybridized carbons (Fsp3) is 0.273. The smallest absolute Gasteiger partial charge is 0.229 e. The van der Waals surface area contributed by atoms with Crippen molar-refractivity contribution in [3.8, 4) is 0 Å². The van der Waals surface area contributed by atoms with Gasteiger partial charge >= 0.3 is 0 Å². The number of aryl methyl sites for hydroxylation is 3. The molecule has 4 heteroatoms. The van der Waals surface area contributed by atoms with Gasteiger partial charge in [0, 0.05) is 22.6 Å². The molecule has 2 N–H and O–H groups in total. The maximum absolute atomic E-state index is 4.79. The van der Waals surface area contributed by atoms with Crippen LogP contribution in [0, 0.1) is 20.8 Å². The second-order valence-corrected chi connectivity index (χ2v) is 6.59. The summed E-state index contributed by atoms with van der Waals surface area (Å²) in [7, 11) is 0. The van der Waals surface area contributed by atoms with Crippen molar-refractivity contribution in [1.82, 2.24) is 9.97 Å². The number of aromatic nitrogens is 2. The van der Waals surface area contributed by atoms with E-state index < -0.39 is 0 Å². The van der Waals surface area contributed by atoms with Crippen molar-refractivity contribution in [2.75, 3.05) is 10.6 Å². The highest BCUT2D eigenvalue weighted by Gasteiger charge is 2.13. The summed E-state index contributed by atoms with van der Waals surface area (Å²) in [5.74, 6) is 1.50. The molecule has 3 rings (SSSR count). The molecule has 4 nitrogen and oxygen atoms in total. The lowest BCUT2D eigenvalue weighted by Crippen LogP contribution is -2.08. The third kappa shape index (κ3) is 4.02. The zero-order valence-electron chi connectivity index (χ0n) is 15.9. The van der Waals surface area contributed by atoms with E-state index in [4.69, 9.17) is 9.97 Å². The SMILES string of the molecule is CCCc1c(C)nc(Nc2ccccc2C)nc1Nc1ccccc1C. The summed E-state index contributed by atoms with van der Waals surface area (Å²) in [5, 5.41) is 6.88. The van der Waals surface area contributed by atoms with Crippen LogP contribution in [-0.4, -0.2) is 9.97 Å². The van der Waals surface area contributed by atoms with Crippen LogP contribution in [0.15, 0.2) is 48.5 Å². The van der Waals surface area contributed by atoms with Gasteiger partial charge in [0.05, 0.1) is 0 Å². The molecule has 1 aromatic heterocycles. The minimum Gasteiger partial charge on any atom is -0.340 e. The second-order valence-electron chi connectivity index (χ2n) is 6.59. The summed E-state index contributed by atoms with van der Waals surface area (Å²) < 4.78 is 0. The fourth-order valence-electron chi connectivity index (χ4n) is 2.98. The number of nitrogens with one attached hydrogen (secondary N) is 2. The molecule has 3 aromatic rings. The van der Waals surface area contributed by atoms with Gasteiger partial charge in [-0.05, 0) is 50.5 Å². The lowest BCUT2D eigenvalue weighted by Gasteiger charge is -2.17. The molecular formula is C22H26N4. The van der Waals surface area contributed by atoms with E-state index in [0.717, 1.165) is 35.7 Å². The number of hydrogen-bond acceptors (Lipinski definition) is 4. The molecule has 1 heterocycles. The van der Waals surface area contributed by atoms with Crippen LogP contribution >= 0.6 is 0 Å². The first kappa shape index (κ1) is 17.9. The van der Waals surface area contributed by atoms with Gasteiger partial charge in [0.15, 0.2) is 0 Å². The molecule has 0 aliphatic carbocycles. The lowest BCUT2D eigenvalue weighted by atomic mass is 10.1. The predicted molar refractivity (Wildman–Crippen MR) is 110 cm³/mol. The van der Waals surface area contributed by atoms with E-state index in [2.05, 4.69) is 56.5 Å². The molecule has 0 unspecified atom stereocenters. The molecule has 0 spiro atoms. The van der Waals surface area contributed by atoms with E-state index in [1.807, 2.05) is 30.3 Å².